The maximum atomic E-state index is 11.7. The van der Waals surface area contributed by atoms with E-state index < -0.39 is 5.54 Å². The lowest BCUT2D eigenvalue weighted by Crippen LogP contribution is -2.48. The van der Waals surface area contributed by atoms with Crippen molar-refractivity contribution in [1.29, 1.82) is 0 Å². The predicted molar refractivity (Wildman–Crippen MR) is 73.9 cm³/mol. The molecule has 0 saturated heterocycles. The van der Waals surface area contributed by atoms with Crippen LogP contribution in [0.15, 0.2) is 18.2 Å². The molecule has 0 unspecified atom stereocenters. The molecule has 1 rings (SSSR count). The molecule has 0 aromatic heterocycles. The first-order chi connectivity index (χ1) is 8.38. The fraction of sp³-hybridized carbons (Fsp3) is 0.500. The number of amides is 2. The van der Waals surface area contributed by atoms with E-state index in [4.69, 9.17) is 5.11 Å². The maximum absolute atomic E-state index is 11.7. The molecule has 3 N–H and O–H groups in total. The molecule has 0 saturated carbocycles. The SMILES string of the molecule is CCc1cc(NC(=O)NC(C)(C)CO)ccc1C. The van der Waals surface area contributed by atoms with Crippen LogP contribution in [0.3, 0.4) is 0 Å². The molecule has 4 heteroatoms. The van der Waals surface area contributed by atoms with E-state index in [0.717, 1.165) is 12.1 Å². The third kappa shape index (κ3) is 4.04. The predicted octanol–water partition coefficient (Wildman–Crippen LogP) is 2.45. The van der Waals surface area contributed by atoms with Gasteiger partial charge in [-0.1, -0.05) is 13.0 Å². The van der Waals surface area contributed by atoms with Gasteiger partial charge in [-0.25, -0.2) is 4.79 Å². The monoisotopic (exact) mass is 250 g/mol. The number of hydrogen-bond acceptors (Lipinski definition) is 2. The highest BCUT2D eigenvalue weighted by Crippen LogP contribution is 2.16. The van der Waals surface area contributed by atoms with Crippen LogP contribution in [0.5, 0.6) is 0 Å². The van der Waals surface area contributed by atoms with Crippen LogP contribution in [0, 0.1) is 6.92 Å². The number of carbonyl (C=O) groups excluding carboxylic acids is 1. The molecule has 0 radical (unpaired) electrons. The molecular formula is C14H22N2O2. The minimum Gasteiger partial charge on any atom is -0.394 e. The summed E-state index contributed by atoms with van der Waals surface area (Å²) in [5, 5.41) is 14.6. The smallest absolute Gasteiger partial charge is 0.319 e. The first kappa shape index (κ1) is 14.5. The van der Waals surface area contributed by atoms with Gasteiger partial charge in [-0.05, 0) is 50.5 Å². The molecule has 1 aromatic carbocycles. The van der Waals surface area contributed by atoms with Crippen LogP contribution in [-0.2, 0) is 6.42 Å². The summed E-state index contributed by atoms with van der Waals surface area (Å²) in [5.41, 5.74) is 2.58. The van der Waals surface area contributed by atoms with Gasteiger partial charge in [0.25, 0.3) is 0 Å². The lowest BCUT2D eigenvalue weighted by molar-refractivity contribution is 0.187. The maximum Gasteiger partial charge on any atom is 0.319 e. The number of anilines is 1. The second kappa shape index (κ2) is 5.87. The average molecular weight is 250 g/mol. The van der Waals surface area contributed by atoms with Gasteiger partial charge in [0, 0.05) is 5.69 Å². The Morgan fingerprint density at radius 1 is 1.39 bits per heavy atom. The zero-order chi connectivity index (χ0) is 13.8. The minimum absolute atomic E-state index is 0.103. The van der Waals surface area contributed by atoms with Crippen LogP contribution in [0.4, 0.5) is 10.5 Å². The Bertz CT molecular complexity index is 428. The Morgan fingerprint density at radius 3 is 2.61 bits per heavy atom. The summed E-state index contributed by atoms with van der Waals surface area (Å²) in [6.45, 7) is 7.56. The molecule has 0 aliphatic heterocycles. The fourth-order valence-electron chi connectivity index (χ4n) is 1.64. The standard InChI is InChI=1S/C14H22N2O2/c1-5-11-8-12(7-6-10(11)2)15-13(18)16-14(3,4)9-17/h6-8,17H,5,9H2,1-4H3,(H2,15,16,18). The third-order valence-corrected chi connectivity index (χ3v) is 2.84. The molecule has 2 amide bonds. The highest BCUT2D eigenvalue weighted by atomic mass is 16.3. The summed E-state index contributed by atoms with van der Waals surface area (Å²) < 4.78 is 0. The van der Waals surface area contributed by atoms with Crippen molar-refractivity contribution in [1.82, 2.24) is 5.32 Å². The molecule has 0 bridgehead atoms. The van der Waals surface area contributed by atoms with Crippen molar-refractivity contribution in [2.24, 2.45) is 0 Å². The van der Waals surface area contributed by atoms with Crippen LogP contribution >= 0.6 is 0 Å². The minimum atomic E-state index is -0.623. The van der Waals surface area contributed by atoms with E-state index in [1.807, 2.05) is 18.2 Å². The van der Waals surface area contributed by atoms with Gasteiger partial charge >= 0.3 is 6.03 Å². The van der Waals surface area contributed by atoms with Crippen molar-refractivity contribution in [3.63, 3.8) is 0 Å². The average Bonchev–Trinajstić information content (AvgIpc) is 2.31. The molecule has 0 heterocycles. The first-order valence-corrected chi connectivity index (χ1v) is 6.17. The zero-order valence-electron chi connectivity index (χ0n) is 11.5. The summed E-state index contributed by atoms with van der Waals surface area (Å²) in [6.07, 6.45) is 0.936. The number of aryl methyl sites for hydroxylation is 2. The molecular weight excluding hydrogens is 228 g/mol. The molecule has 100 valence electrons. The van der Waals surface area contributed by atoms with Gasteiger partial charge in [0.05, 0.1) is 12.1 Å². The topological polar surface area (TPSA) is 61.4 Å². The lowest BCUT2D eigenvalue weighted by atomic mass is 10.1. The van der Waals surface area contributed by atoms with Gasteiger partial charge in [0.2, 0.25) is 0 Å². The van der Waals surface area contributed by atoms with Gasteiger partial charge in [-0.15, -0.1) is 0 Å². The van der Waals surface area contributed by atoms with Crippen molar-refractivity contribution in [2.45, 2.75) is 39.7 Å². The summed E-state index contributed by atoms with van der Waals surface area (Å²) in [5.74, 6) is 0. The molecule has 0 spiro atoms. The normalized spacial score (nSPS) is 11.2. The Kier molecular flexibility index (Phi) is 4.73. The number of aliphatic hydroxyl groups excluding tert-OH is 1. The number of aliphatic hydroxyl groups is 1. The number of benzene rings is 1. The largest absolute Gasteiger partial charge is 0.394 e. The van der Waals surface area contributed by atoms with E-state index in [0.29, 0.717) is 0 Å². The van der Waals surface area contributed by atoms with Crippen LogP contribution < -0.4 is 10.6 Å². The molecule has 0 aliphatic carbocycles. The molecule has 4 nitrogen and oxygen atoms in total. The Labute approximate surface area is 108 Å². The van der Waals surface area contributed by atoms with Crippen molar-refractivity contribution in [2.75, 3.05) is 11.9 Å². The molecule has 18 heavy (non-hydrogen) atoms. The number of carbonyl (C=O) groups is 1. The Morgan fingerprint density at radius 2 is 2.06 bits per heavy atom. The van der Waals surface area contributed by atoms with Gasteiger partial charge in [0.15, 0.2) is 0 Å². The zero-order valence-corrected chi connectivity index (χ0v) is 11.5. The van der Waals surface area contributed by atoms with Crippen LogP contribution in [-0.4, -0.2) is 23.3 Å². The molecule has 0 atom stereocenters. The third-order valence-electron chi connectivity index (χ3n) is 2.84. The second-order valence-corrected chi connectivity index (χ2v) is 5.12. The van der Waals surface area contributed by atoms with Crippen molar-refractivity contribution in [3.8, 4) is 0 Å². The number of rotatable bonds is 4. The molecule has 0 fully saturated rings. The van der Waals surface area contributed by atoms with Gasteiger partial charge in [-0.3, -0.25) is 0 Å². The quantitative estimate of drug-likeness (QED) is 0.768. The summed E-state index contributed by atoms with van der Waals surface area (Å²) in [7, 11) is 0. The molecule has 1 aromatic rings. The Balaban J connectivity index is 2.70. The van der Waals surface area contributed by atoms with E-state index in [-0.39, 0.29) is 12.6 Å². The number of nitrogens with one attached hydrogen (secondary N) is 2. The van der Waals surface area contributed by atoms with Crippen LogP contribution in [0.1, 0.15) is 31.9 Å². The van der Waals surface area contributed by atoms with Crippen molar-refractivity contribution < 1.29 is 9.90 Å². The summed E-state index contributed by atoms with van der Waals surface area (Å²) in [4.78, 5) is 11.7. The van der Waals surface area contributed by atoms with Gasteiger partial charge in [0.1, 0.15) is 0 Å². The second-order valence-electron chi connectivity index (χ2n) is 5.12. The van der Waals surface area contributed by atoms with Crippen LogP contribution in [0.25, 0.3) is 0 Å². The lowest BCUT2D eigenvalue weighted by Gasteiger charge is -2.23. The number of urea groups is 1. The van der Waals surface area contributed by atoms with Crippen LogP contribution in [0.2, 0.25) is 0 Å². The van der Waals surface area contributed by atoms with E-state index in [2.05, 4.69) is 24.5 Å². The molecule has 0 aliphatic rings. The summed E-state index contributed by atoms with van der Waals surface area (Å²) >= 11 is 0. The summed E-state index contributed by atoms with van der Waals surface area (Å²) in [6, 6.07) is 5.53. The fourth-order valence-corrected chi connectivity index (χ4v) is 1.64. The van der Waals surface area contributed by atoms with E-state index in [1.54, 1.807) is 13.8 Å². The number of hydrogen-bond donors (Lipinski definition) is 3. The Hall–Kier alpha value is -1.55. The van der Waals surface area contributed by atoms with Crippen molar-refractivity contribution in [3.05, 3.63) is 29.3 Å². The highest BCUT2D eigenvalue weighted by Gasteiger charge is 2.18. The first-order valence-electron chi connectivity index (χ1n) is 6.17. The van der Waals surface area contributed by atoms with E-state index in [1.165, 1.54) is 11.1 Å². The van der Waals surface area contributed by atoms with E-state index in [9.17, 15) is 4.79 Å². The van der Waals surface area contributed by atoms with Crippen molar-refractivity contribution >= 4 is 11.7 Å². The van der Waals surface area contributed by atoms with Gasteiger partial charge < -0.3 is 15.7 Å². The van der Waals surface area contributed by atoms with Gasteiger partial charge in [-0.2, -0.15) is 0 Å². The highest BCUT2D eigenvalue weighted by molar-refractivity contribution is 5.89. The van der Waals surface area contributed by atoms with E-state index >= 15 is 0 Å².